The fourth-order valence-corrected chi connectivity index (χ4v) is 3.99. The van der Waals surface area contributed by atoms with E-state index in [1.54, 1.807) is 12.1 Å². The van der Waals surface area contributed by atoms with E-state index in [0.717, 1.165) is 27.8 Å². The summed E-state index contributed by atoms with van der Waals surface area (Å²) >= 11 is 6.48. The summed E-state index contributed by atoms with van der Waals surface area (Å²) in [4.78, 5) is 12.5. The van der Waals surface area contributed by atoms with E-state index in [2.05, 4.69) is 0 Å². The highest BCUT2D eigenvalue weighted by Crippen LogP contribution is 2.38. The van der Waals surface area contributed by atoms with Crippen molar-refractivity contribution in [3.05, 3.63) is 88.6 Å². The summed E-state index contributed by atoms with van der Waals surface area (Å²) in [7, 11) is 1.37. The molecule has 0 radical (unpaired) electrons. The lowest BCUT2D eigenvalue weighted by atomic mass is 10.2. The predicted molar refractivity (Wildman–Crippen MR) is 121 cm³/mol. The van der Waals surface area contributed by atoms with E-state index in [4.69, 9.17) is 30.5 Å². The smallest absolute Gasteiger partial charge is 0.354 e. The second-order valence-corrected chi connectivity index (χ2v) is 7.81. The van der Waals surface area contributed by atoms with Gasteiger partial charge in [-0.2, -0.15) is 0 Å². The van der Waals surface area contributed by atoms with Crippen molar-refractivity contribution >= 4 is 28.5 Å². The van der Waals surface area contributed by atoms with Gasteiger partial charge in [0, 0.05) is 22.0 Å². The Hall–Kier alpha value is -3.64. The lowest BCUT2D eigenvalue weighted by Gasteiger charge is -2.12. The molecule has 1 aliphatic rings. The molecule has 7 heteroatoms. The van der Waals surface area contributed by atoms with Crippen molar-refractivity contribution in [3.8, 4) is 17.2 Å². The zero-order valence-corrected chi connectivity index (χ0v) is 18.1. The maximum atomic E-state index is 12.5. The number of benzene rings is 3. The monoisotopic (exact) mass is 449 g/mol. The van der Waals surface area contributed by atoms with Gasteiger partial charge in [0.05, 0.1) is 13.7 Å². The summed E-state index contributed by atoms with van der Waals surface area (Å²) in [6, 6.07) is 21.1. The molecule has 0 bridgehead atoms. The van der Waals surface area contributed by atoms with Gasteiger partial charge in [-0.1, -0.05) is 41.9 Å². The molecule has 6 nitrogen and oxygen atoms in total. The van der Waals surface area contributed by atoms with Crippen molar-refractivity contribution in [1.29, 1.82) is 0 Å². The molecule has 0 saturated carbocycles. The quantitative estimate of drug-likeness (QED) is 0.367. The molecule has 0 fully saturated rings. The van der Waals surface area contributed by atoms with Gasteiger partial charge >= 0.3 is 5.97 Å². The SMILES string of the molecule is COC(=O)c1cc2cc(OCc3ccccc3)ccc2n1Cc1cc2c(cc1Cl)OCO2. The van der Waals surface area contributed by atoms with Gasteiger partial charge < -0.3 is 23.5 Å². The first kappa shape index (κ1) is 20.3. The van der Waals surface area contributed by atoms with Gasteiger partial charge in [-0.25, -0.2) is 4.79 Å². The van der Waals surface area contributed by atoms with Crippen molar-refractivity contribution in [3.63, 3.8) is 0 Å². The van der Waals surface area contributed by atoms with E-state index in [9.17, 15) is 4.79 Å². The Balaban J connectivity index is 1.49. The summed E-state index contributed by atoms with van der Waals surface area (Å²) < 4.78 is 23.7. The third-order valence-corrected chi connectivity index (χ3v) is 5.74. The number of ether oxygens (including phenoxy) is 4. The Morgan fingerprint density at radius 3 is 2.59 bits per heavy atom. The van der Waals surface area contributed by atoms with E-state index in [0.29, 0.717) is 35.4 Å². The summed E-state index contributed by atoms with van der Waals surface area (Å²) in [5, 5.41) is 1.41. The van der Waals surface area contributed by atoms with E-state index < -0.39 is 5.97 Å². The van der Waals surface area contributed by atoms with Crippen molar-refractivity contribution in [1.82, 2.24) is 4.57 Å². The molecular formula is C25H20ClNO5. The average molecular weight is 450 g/mol. The van der Waals surface area contributed by atoms with Gasteiger partial charge in [0.1, 0.15) is 18.1 Å². The van der Waals surface area contributed by atoms with Crippen LogP contribution in [0.4, 0.5) is 0 Å². The summed E-state index contributed by atoms with van der Waals surface area (Å²) in [5.74, 6) is 1.54. The van der Waals surface area contributed by atoms with Gasteiger partial charge in [0.2, 0.25) is 6.79 Å². The van der Waals surface area contributed by atoms with Crippen LogP contribution >= 0.6 is 11.6 Å². The van der Waals surface area contributed by atoms with E-state index in [-0.39, 0.29) is 6.79 Å². The minimum atomic E-state index is -0.426. The minimum Gasteiger partial charge on any atom is -0.489 e. The average Bonchev–Trinajstić information content (AvgIpc) is 3.42. The van der Waals surface area contributed by atoms with Crippen molar-refractivity contribution in [2.24, 2.45) is 0 Å². The molecule has 5 rings (SSSR count). The molecule has 0 amide bonds. The number of halogens is 1. The number of rotatable bonds is 6. The molecule has 0 atom stereocenters. The largest absolute Gasteiger partial charge is 0.489 e. The highest BCUT2D eigenvalue weighted by molar-refractivity contribution is 6.31. The highest BCUT2D eigenvalue weighted by atomic mass is 35.5. The summed E-state index contributed by atoms with van der Waals surface area (Å²) in [6.45, 7) is 0.998. The standard InChI is InChI=1S/C25H20ClNO5/c1-29-25(28)22-10-17-9-19(30-14-16-5-3-2-4-6-16)7-8-21(17)27(22)13-18-11-23-24(12-20(18)26)32-15-31-23/h2-12H,13-15H2,1H3. The second-order valence-electron chi connectivity index (χ2n) is 7.40. The van der Waals surface area contributed by atoms with Gasteiger partial charge in [-0.3, -0.25) is 0 Å². The number of hydrogen-bond donors (Lipinski definition) is 0. The number of fused-ring (bicyclic) bond motifs is 2. The molecular weight excluding hydrogens is 430 g/mol. The lowest BCUT2D eigenvalue weighted by molar-refractivity contribution is 0.0589. The molecule has 4 aromatic rings. The molecule has 0 aliphatic carbocycles. The number of nitrogens with zero attached hydrogens (tertiary/aromatic N) is 1. The molecule has 0 spiro atoms. The van der Waals surface area contributed by atoms with Crippen LogP contribution in [0, 0.1) is 0 Å². The van der Waals surface area contributed by atoms with Crippen molar-refractivity contribution in [2.75, 3.05) is 13.9 Å². The van der Waals surface area contributed by atoms with Crippen LogP contribution in [0.25, 0.3) is 10.9 Å². The number of esters is 1. The second kappa shape index (κ2) is 8.48. The van der Waals surface area contributed by atoms with Crippen molar-refractivity contribution in [2.45, 2.75) is 13.2 Å². The van der Waals surface area contributed by atoms with Crippen LogP contribution in [0.3, 0.4) is 0 Å². The molecule has 0 N–H and O–H groups in total. The number of aromatic nitrogens is 1. The molecule has 162 valence electrons. The fraction of sp³-hybridized carbons (Fsp3) is 0.160. The topological polar surface area (TPSA) is 58.9 Å². The Bertz CT molecular complexity index is 1300. The zero-order chi connectivity index (χ0) is 22.1. The van der Waals surface area contributed by atoms with Gasteiger partial charge in [-0.15, -0.1) is 0 Å². The molecule has 3 aromatic carbocycles. The molecule has 0 unspecified atom stereocenters. The normalized spacial score (nSPS) is 12.2. The highest BCUT2D eigenvalue weighted by Gasteiger charge is 2.21. The van der Waals surface area contributed by atoms with E-state index >= 15 is 0 Å². The lowest BCUT2D eigenvalue weighted by Crippen LogP contribution is -2.11. The third-order valence-electron chi connectivity index (χ3n) is 5.39. The number of carbonyl (C=O) groups is 1. The van der Waals surface area contributed by atoms with E-state index in [1.165, 1.54) is 7.11 Å². The zero-order valence-electron chi connectivity index (χ0n) is 17.3. The number of carbonyl (C=O) groups excluding carboxylic acids is 1. The molecule has 32 heavy (non-hydrogen) atoms. The van der Waals surface area contributed by atoms with E-state index in [1.807, 2.05) is 59.2 Å². The van der Waals surface area contributed by atoms with Crippen LogP contribution in [-0.2, 0) is 17.9 Å². The first-order valence-electron chi connectivity index (χ1n) is 10.1. The summed E-state index contributed by atoms with van der Waals surface area (Å²) in [6.07, 6.45) is 0. The molecule has 1 aliphatic heterocycles. The number of hydrogen-bond acceptors (Lipinski definition) is 5. The maximum Gasteiger partial charge on any atom is 0.354 e. The Kier molecular flexibility index (Phi) is 5.37. The predicted octanol–water partition coefficient (Wildman–Crippen LogP) is 5.44. The van der Waals surface area contributed by atoms with Gasteiger partial charge in [0.25, 0.3) is 0 Å². The number of methoxy groups -OCH3 is 1. The van der Waals surface area contributed by atoms with Gasteiger partial charge in [-0.05, 0) is 41.5 Å². The van der Waals surface area contributed by atoms with Crippen LogP contribution < -0.4 is 14.2 Å². The van der Waals surface area contributed by atoms with Crippen LogP contribution in [0.1, 0.15) is 21.6 Å². The molecule has 2 heterocycles. The fourth-order valence-electron chi connectivity index (χ4n) is 3.77. The van der Waals surface area contributed by atoms with Crippen LogP contribution in [0.15, 0.2) is 66.7 Å². The summed E-state index contributed by atoms with van der Waals surface area (Å²) in [5.41, 5.74) is 3.18. The van der Waals surface area contributed by atoms with Crippen LogP contribution in [0.5, 0.6) is 17.2 Å². The van der Waals surface area contributed by atoms with Crippen LogP contribution in [-0.4, -0.2) is 24.4 Å². The molecule has 0 saturated heterocycles. The first-order valence-corrected chi connectivity index (χ1v) is 10.5. The molecule has 1 aromatic heterocycles. The Labute approximate surface area is 189 Å². The van der Waals surface area contributed by atoms with Gasteiger partial charge in [0.15, 0.2) is 11.5 Å². The van der Waals surface area contributed by atoms with Crippen molar-refractivity contribution < 1.29 is 23.7 Å². The Morgan fingerprint density at radius 1 is 1.03 bits per heavy atom. The first-order chi connectivity index (χ1) is 15.6. The maximum absolute atomic E-state index is 12.5. The Morgan fingerprint density at radius 2 is 1.81 bits per heavy atom. The minimum absolute atomic E-state index is 0.167. The third kappa shape index (κ3) is 3.85. The van der Waals surface area contributed by atoms with Crippen LogP contribution in [0.2, 0.25) is 5.02 Å².